The van der Waals surface area contributed by atoms with E-state index in [4.69, 9.17) is 38.4 Å². The maximum Gasteiger partial charge on any atom is 0.120 e. The van der Waals surface area contributed by atoms with Gasteiger partial charge in [-0.2, -0.15) is 0 Å². The minimum atomic E-state index is -2.25. The van der Waals surface area contributed by atoms with Crippen LogP contribution in [-0.2, 0) is 74.7 Å². The van der Waals surface area contributed by atoms with Crippen LogP contribution in [0.4, 0.5) is 0 Å². The van der Waals surface area contributed by atoms with E-state index in [1.54, 1.807) is 0 Å². The van der Waals surface area contributed by atoms with Gasteiger partial charge in [0, 0.05) is 112 Å². The Bertz CT molecular complexity index is 6810. The number of aryl methyl sites for hydroxylation is 3. The molecule has 0 spiro atoms. The normalized spacial score (nSPS) is 11.8. The minimum absolute atomic E-state index is 0. The molecule has 18 aromatic rings. The summed E-state index contributed by atoms with van der Waals surface area (Å²) in [5, 5.41) is 46.0. The smallest absolute Gasteiger partial charge is 0.120 e. The van der Waals surface area contributed by atoms with Gasteiger partial charge in [0.15, 0.2) is 17.3 Å². The number of benzene rings is 12. The van der Waals surface area contributed by atoms with Gasteiger partial charge in [-0.25, -0.2) is 0 Å². The fraction of sp³-hybridized carbons (Fsp3) is 0.215. The Morgan fingerprint density at radius 2 is 0.734 bits per heavy atom. The zero-order chi connectivity index (χ0) is 86.3. The van der Waals surface area contributed by atoms with Crippen molar-refractivity contribution >= 4 is 179 Å². The fourth-order valence-electron chi connectivity index (χ4n) is 16.1. The maximum absolute atomic E-state index is 11.7. The molecule has 0 aliphatic heterocycles. The number of hydrogen-bond acceptors (Lipinski definition) is 12. The van der Waals surface area contributed by atoms with E-state index in [2.05, 4.69) is 258 Å². The molecule has 0 fully saturated rings. The summed E-state index contributed by atoms with van der Waals surface area (Å²) in [5.41, 5.74) is 17.2. The molecule has 6 heterocycles. The second kappa shape index (κ2) is 41.5. The van der Waals surface area contributed by atoms with Gasteiger partial charge in [0.2, 0.25) is 0 Å². The van der Waals surface area contributed by atoms with E-state index in [0.29, 0.717) is 0 Å². The monoisotopic (exact) mass is 2260 g/mol. The predicted octanol–water partition coefficient (Wildman–Crippen LogP) is 28.2. The number of hydrogen-bond donors (Lipinski definition) is 3. The SMILES string of the molecule is CC(=O)C=C(C)O.CC(=O)C=C(C)O.CCC(CC)C(=O)C=C(O)C(CC)CC.Cc1[c-]c(-c2c[c]([Ge]([CH3])([CH3])[CH3])c3c(ccc4ccccc43)n2)c2oc3ccccc3c2c1.Cc1[c-]c(-c2cc([Si](C)(C)C)c3c(ccc4ccccc43)n2)c2oc3ccccc3c2c1.Cc1[c-]c(-c2ccc3c(ccc4ccccc43)n2)c2oc3ccccc3c2c1.[Ir].[Ir].[Ir]. The van der Waals surface area contributed by atoms with Crippen molar-refractivity contribution in [1.82, 2.24) is 15.0 Å². The number of allylic oxidation sites excluding steroid dienone is 6. The summed E-state index contributed by atoms with van der Waals surface area (Å²) in [6.45, 7) is 27.3. The second-order valence-corrected chi connectivity index (χ2v) is 48.9. The Labute approximate surface area is 769 Å². The van der Waals surface area contributed by atoms with Crippen LogP contribution in [0, 0.1) is 50.8 Å². The molecule has 0 aliphatic carbocycles. The van der Waals surface area contributed by atoms with Crippen LogP contribution >= 0.6 is 0 Å². The van der Waals surface area contributed by atoms with Crippen LogP contribution in [-0.4, -0.2) is 69.0 Å². The molecule has 6 aromatic heterocycles. The summed E-state index contributed by atoms with van der Waals surface area (Å²) in [5.74, 6) is 7.79. The number of carbonyl (C=O) groups excluding carboxylic acids is 3. The first-order valence-electron chi connectivity index (χ1n) is 41.6. The fourth-order valence-corrected chi connectivity index (χ4v) is 21.0. The Kier molecular flexibility index (Phi) is 32.0. The topological polar surface area (TPSA) is 190 Å². The predicted molar refractivity (Wildman–Crippen MR) is 511 cm³/mol. The molecule has 0 bridgehead atoms. The summed E-state index contributed by atoms with van der Waals surface area (Å²) in [7, 11) is -1.68. The first kappa shape index (κ1) is 95.6. The van der Waals surface area contributed by atoms with E-state index in [0.717, 1.165) is 164 Å². The number of rotatable bonds is 14. The number of aromatic nitrogens is 3. The third-order valence-corrected chi connectivity index (χ3v) is 28.1. The van der Waals surface area contributed by atoms with Crippen LogP contribution in [0.2, 0.25) is 36.9 Å². The molecule has 3 N–H and O–H groups in total. The number of ketones is 3. The summed E-state index contributed by atoms with van der Waals surface area (Å²) in [6, 6.07) is 89.2. The van der Waals surface area contributed by atoms with Gasteiger partial charge in [-0.15, -0.1) is 35.4 Å². The Balaban J connectivity index is 0.000000167. The van der Waals surface area contributed by atoms with E-state index in [1.165, 1.54) is 98.6 Å². The molecule has 0 saturated carbocycles. The number of para-hydroxylation sites is 3. The van der Waals surface area contributed by atoms with Crippen LogP contribution < -0.4 is 9.58 Å². The number of fused-ring (bicyclic) bond motifs is 18. The summed E-state index contributed by atoms with van der Waals surface area (Å²) in [4.78, 5) is 47.0. The molecule has 17 heteroatoms. The molecule has 3 radical (unpaired) electrons. The zero-order valence-corrected chi connectivity index (χ0v) is 83.5. The third-order valence-electron chi connectivity index (χ3n) is 21.9. The van der Waals surface area contributed by atoms with E-state index < -0.39 is 21.3 Å². The molecule has 12 aromatic carbocycles. The van der Waals surface area contributed by atoms with Crippen molar-refractivity contribution in [1.29, 1.82) is 0 Å². The van der Waals surface area contributed by atoms with Crippen molar-refractivity contribution < 1.29 is 103 Å². The molecular formula is C107H104GeIr3N3O9Si-3. The number of carbonyl (C=O) groups is 3. The third kappa shape index (κ3) is 21.5. The number of nitrogens with zero attached hydrogens (tertiary/aromatic N) is 3. The number of aliphatic hydroxyl groups is 3. The average Bonchev–Trinajstić information content (AvgIpc) is 1.51. The summed E-state index contributed by atoms with van der Waals surface area (Å²) in [6.07, 6.45) is 7.24. The first-order chi connectivity index (χ1) is 57.9. The standard InChI is InChI=1S/C29H24GeNO.C29H24NOSi.C26H16NO.C13H24O2.2C5H8O2.3Ir/c1-18-15-22-21-11-7-8-12-27(21)32-29(22)23(16-18)26-17-24(30(2,3)4)28-20-10-6-5-9-19(20)13-14-25(28)31-26;1-18-15-22-21-11-7-8-12-26(21)31-29(22)23(16-18)25-17-27(32(2,3)4)28-20-10-6-5-9-19(20)13-14-24(28)30-25;1-16-14-21-20-8-4-5-9-25(20)28-26(21)22(15-16)24-13-11-19-18-7-3-2-6-17(18)10-12-23(19)27-24;1-5-10(6-2)12(14)9-13(15)11(7-3)8-4;2*1-4(6)3-5(2)7;;;/h2*5-15,17H,1-4H3;2-14H,1H3;9-11,14H,5-8H2,1-4H3;2*3,6H,1-2H3;;;/q3*-1;;;;;;. The molecule has 639 valence electrons. The molecule has 18 rings (SSSR count). The van der Waals surface area contributed by atoms with Crippen molar-refractivity contribution in [2.45, 2.75) is 139 Å². The number of furan rings is 3. The quantitative estimate of drug-likeness (QED) is 0.0308. The Morgan fingerprint density at radius 1 is 0.387 bits per heavy atom. The molecule has 124 heavy (non-hydrogen) atoms. The Hall–Kier alpha value is -10.6. The maximum atomic E-state index is 11.7. The largest absolute Gasteiger partial charge is 0.501 e. The van der Waals surface area contributed by atoms with Gasteiger partial charge >= 0.3 is 191 Å². The van der Waals surface area contributed by atoms with Gasteiger partial charge < -0.3 is 24.2 Å². The molecule has 0 atom stereocenters. The minimum Gasteiger partial charge on any atom is -0.501 e. The molecule has 0 aliphatic rings. The molecule has 0 amide bonds. The van der Waals surface area contributed by atoms with Crippen LogP contribution in [0.25, 0.3) is 165 Å². The van der Waals surface area contributed by atoms with E-state index in [1.807, 2.05) is 70.2 Å². The van der Waals surface area contributed by atoms with Crippen LogP contribution in [0.5, 0.6) is 0 Å². The van der Waals surface area contributed by atoms with Crippen LogP contribution in [0.3, 0.4) is 0 Å². The molecule has 12 nitrogen and oxygen atoms in total. The Morgan fingerprint density at radius 3 is 1.12 bits per heavy atom. The van der Waals surface area contributed by atoms with Crippen molar-refractivity contribution in [3.63, 3.8) is 0 Å². The first-order valence-corrected chi connectivity index (χ1v) is 52.5. The average molecular weight is 2250 g/mol. The van der Waals surface area contributed by atoms with Gasteiger partial charge in [0.05, 0.1) is 47.6 Å². The summed E-state index contributed by atoms with van der Waals surface area (Å²) < 4.78 is 20.4. The summed E-state index contributed by atoms with van der Waals surface area (Å²) >= 11 is -2.25. The molecule has 0 saturated heterocycles. The van der Waals surface area contributed by atoms with Gasteiger partial charge in [-0.1, -0.05) is 204 Å². The van der Waals surface area contributed by atoms with E-state index >= 15 is 0 Å². The van der Waals surface area contributed by atoms with Crippen molar-refractivity contribution in [2.24, 2.45) is 11.8 Å². The number of aliphatic hydroxyl groups excluding tert-OH is 3. The van der Waals surface area contributed by atoms with Crippen LogP contribution in [0.15, 0.2) is 273 Å². The van der Waals surface area contributed by atoms with Crippen molar-refractivity contribution in [3.05, 3.63) is 295 Å². The molecule has 0 unspecified atom stereocenters. The molecular weight excluding hydrogens is 2150 g/mol. The van der Waals surface area contributed by atoms with Gasteiger partial charge in [-0.05, 0) is 111 Å². The van der Waals surface area contributed by atoms with Gasteiger partial charge in [-0.3, -0.25) is 24.4 Å². The van der Waals surface area contributed by atoms with Crippen LogP contribution in [0.1, 0.15) is 97.8 Å². The van der Waals surface area contributed by atoms with Crippen molar-refractivity contribution in [3.8, 4) is 33.8 Å². The number of pyridine rings is 3. The van der Waals surface area contributed by atoms with Gasteiger partial charge in [0.1, 0.15) is 11.2 Å². The zero-order valence-electron chi connectivity index (χ0n) is 73.2. The second-order valence-electron chi connectivity index (χ2n) is 33.3. The van der Waals surface area contributed by atoms with Gasteiger partial charge in [0.25, 0.3) is 0 Å². The van der Waals surface area contributed by atoms with E-state index in [9.17, 15) is 19.5 Å². The van der Waals surface area contributed by atoms with E-state index in [-0.39, 0.29) is 107 Å². The van der Waals surface area contributed by atoms with Crippen molar-refractivity contribution in [2.75, 3.05) is 0 Å².